The van der Waals surface area contributed by atoms with E-state index in [1.807, 2.05) is 12.4 Å². The smallest absolute Gasteiger partial charge is 0.165 e. The van der Waals surface area contributed by atoms with Gasteiger partial charge in [0.25, 0.3) is 0 Å². The van der Waals surface area contributed by atoms with Crippen LogP contribution in [-0.4, -0.2) is 15.3 Å². The van der Waals surface area contributed by atoms with Gasteiger partial charge < -0.3 is 4.57 Å². The zero-order valence-corrected chi connectivity index (χ0v) is 13.3. The van der Waals surface area contributed by atoms with Crippen molar-refractivity contribution in [1.82, 2.24) is 9.55 Å². The van der Waals surface area contributed by atoms with Crippen molar-refractivity contribution in [2.24, 2.45) is 5.41 Å². The lowest BCUT2D eigenvalue weighted by Gasteiger charge is -2.29. The Bertz CT molecular complexity index is 679. The fourth-order valence-corrected chi connectivity index (χ4v) is 3.81. The molecule has 0 unspecified atom stereocenters. The number of aromatic nitrogens is 2. The lowest BCUT2D eigenvalue weighted by molar-refractivity contribution is 0.0910. The van der Waals surface area contributed by atoms with E-state index in [1.165, 1.54) is 16.3 Å². The van der Waals surface area contributed by atoms with Crippen LogP contribution in [0.1, 0.15) is 52.6 Å². The molecular weight excluding hydrogens is 268 g/mol. The third kappa shape index (κ3) is 2.22. The van der Waals surface area contributed by atoms with Gasteiger partial charge in [-0.1, -0.05) is 13.8 Å². The predicted molar refractivity (Wildman–Crippen MR) is 81.6 cm³/mol. The number of ketones is 1. The quantitative estimate of drug-likeness (QED) is 0.843. The summed E-state index contributed by atoms with van der Waals surface area (Å²) in [5.74, 6) is 0.291. The fraction of sp³-hybridized carbons (Fsp3) is 0.500. The molecule has 0 atom stereocenters. The minimum absolute atomic E-state index is 0.0649. The van der Waals surface area contributed by atoms with E-state index in [9.17, 15) is 4.79 Å². The van der Waals surface area contributed by atoms with Crippen LogP contribution < -0.4 is 0 Å². The number of aryl methyl sites for hydroxylation is 2. The molecule has 0 fully saturated rings. The van der Waals surface area contributed by atoms with Gasteiger partial charge in [-0.2, -0.15) is 0 Å². The van der Waals surface area contributed by atoms with Crippen LogP contribution in [-0.2, 0) is 13.0 Å². The molecule has 2 aromatic heterocycles. The predicted octanol–water partition coefficient (Wildman–Crippen LogP) is 3.76. The van der Waals surface area contributed by atoms with E-state index in [0.29, 0.717) is 12.2 Å². The van der Waals surface area contributed by atoms with E-state index in [2.05, 4.69) is 36.4 Å². The van der Waals surface area contributed by atoms with Crippen molar-refractivity contribution in [3.8, 4) is 0 Å². The maximum Gasteiger partial charge on any atom is 0.165 e. The summed E-state index contributed by atoms with van der Waals surface area (Å²) in [5, 5.41) is 0. The van der Waals surface area contributed by atoms with Gasteiger partial charge >= 0.3 is 0 Å². The number of fused-ring (bicyclic) bond motifs is 1. The molecule has 0 amide bonds. The minimum Gasteiger partial charge on any atom is -0.343 e. The third-order valence-electron chi connectivity index (χ3n) is 4.15. The van der Waals surface area contributed by atoms with Gasteiger partial charge in [0.15, 0.2) is 5.78 Å². The van der Waals surface area contributed by atoms with Crippen molar-refractivity contribution in [2.75, 3.05) is 0 Å². The summed E-state index contributed by atoms with van der Waals surface area (Å²) in [4.78, 5) is 17.9. The van der Waals surface area contributed by atoms with E-state index in [0.717, 1.165) is 24.2 Å². The highest BCUT2D eigenvalue weighted by atomic mass is 32.1. The number of Topliss-reactive ketones (excluding diaryl/α,β-unsaturated/α-hetero) is 1. The molecule has 0 bridgehead atoms. The number of thiazole rings is 1. The van der Waals surface area contributed by atoms with E-state index < -0.39 is 0 Å². The van der Waals surface area contributed by atoms with Gasteiger partial charge in [0, 0.05) is 28.2 Å². The van der Waals surface area contributed by atoms with E-state index in [4.69, 9.17) is 0 Å². The summed E-state index contributed by atoms with van der Waals surface area (Å²) in [6.45, 7) is 9.33. The zero-order valence-electron chi connectivity index (χ0n) is 12.5. The second-order valence-corrected chi connectivity index (χ2v) is 7.47. The van der Waals surface area contributed by atoms with Gasteiger partial charge in [0.05, 0.1) is 17.7 Å². The van der Waals surface area contributed by atoms with Gasteiger partial charge in [-0.25, -0.2) is 4.98 Å². The first-order valence-electron chi connectivity index (χ1n) is 6.98. The average Bonchev–Trinajstić information content (AvgIpc) is 2.86. The highest BCUT2D eigenvalue weighted by Gasteiger charge is 2.33. The molecule has 0 radical (unpaired) electrons. The van der Waals surface area contributed by atoms with Gasteiger partial charge in [-0.3, -0.25) is 4.79 Å². The summed E-state index contributed by atoms with van der Waals surface area (Å²) in [5.41, 5.74) is 6.37. The molecule has 0 aliphatic heterocycles. The lowest BCUT2D eigenvalue weighted by Crippen LogP contribution is -2.28. The first kappa shape index (κ1) is 13.6. The maximum atomic E-state index is 12.3. The Labute approximate surface area is 123 Å². The fourth-order valence-electron chi connectivity index (χ4n) is 3.05. The minimum atomic E-state index is 0.0649. The largest absolute Gasteiger partial charge is 0.343 e. The topological polar surface area (TPSA) is 34.9 Å². The standard InChI is InChI=1S/C16H20N2OS/c1-10-5-12-13(6-16(3,4)7-14(12)19)18(10)8-15-11(2)17-9-20-15/h5,9H,6-8H2,1-4H3. The van der Waals surface area contributed by atoms with Crippen molar-refractivity contribution < 1.29 is 4.79 Å². The summed E-state index contributed by atoms with van der Waals surface area (Å²) in [6.07, 6.45) is 1.63. The molecule has 106 valence electrons. The summed E-state index contributed by atoms with van der Waals surface area (Å²) in [6, 6.07) is 2.06. The van der Waals surface area contributed by atoms with Crippen molar-refractivity contribution in [3.63, 3.8) is 0 Å². The van der Waals surface area contributed by atoms with Crippen LogP contribution >= 0.6 is 11.3 Å². The van der Waals surface area contributed by atoms with Crippen molar-refractivity contribution >= 4 is 17.1 Å². The molecular formula is C16H20N2OS. The summed E-state index contributed by atoms with van der Waals surface area (Å²) < 4.78 is 2.30. The Balaban J connectivity index is 2.05. The molecule has 0 N–H and O–H groups in total. The monoisotopic (exact) mass is 288 g/mol. The molecule has 3 rings (SSSR count). The molecule has 2 heterocycles. The SMILES string of the molecule is Cc1ncsc1Cn1c(C)cc2c1CC(C)(C)CC2=O. The van der Waals surface area contributed by atoms with E-state index in [-0.39, 0.29) is 5.41 Å². The second-order valence-electron chi connectivity index (χ2n) is 6.53. The third-order valence-corrected chi connectivity index (χ3v) is 5.07. The number of rotatable bonds is 2. The number of hydrogen-bond donors (Lipinski definition) is 0. The Morgan fingerprint density at radius 3 is 2.75 bits per heavy atom. The number of carbonyl (C=O) groups is 1. The molecule has 0 aromatic carbocycles. The molecule has 2 aromatic rings. The van der Waals surface area contributed by atoms with Gasteiger partial charge in [-0.15, -0.1) is 11.3 Å². The van der Waals surface area contributed by atoms with Crippen LogP contribution in [0.25, 0.3) is 0 Å². The first-order valence-corrected chi connectivity index (χ1v) is 7.86. The maximum absolute atomic E-state index is 12.3. The zero-order chi connectivity index (χ0) is 14.5. The van der Waals surface area contributed by atoms with Crippen LogP contribution in [0.2, 0.25) is 0 Å². The number of carbonyl (C=O) groups excluding carboxylic acids is 1. The van der Waals surface area contributed by atoms with Gasteiger partial charge in [0.2, 0.25) is 0 Å². The van der Waals surface area contributed by atoms with Crippen LogP contribution in [0.4, 0.5) is 0 Å². The average molecular weight is 288 g/mol. The molecule has 0 saturated carbocycles. The Kier molecular flexibility index (Phi) is 3.09. The van der Waals surface area contributed by atoms with Crippen LogP contribution in [0.15, 0.2) is 11.6 Å². The van der Waals surface area contributed by atoms with Crippen LogP contribution in [0.3, 0.4) is 0 Å². The van der Waals surface area contributed by atoms with Crippen LogP contribution in [0.5, 0.6) is 0 Å². The Morgan fingerprint density at radius 1 is 1.35 bits per heavy atom. The lowest BCUT2D eigenvalue weighted by atomic mass is 9.76. The molecule has 1 aliphatic rings. The summed E-state index contributed by atoms with van der Waals surface area (Å²) >= 11 is 1.69. The molecule has 4 heteroatoms. The molecule has 20 heavy (non-hydrogen) atoms. The molecule has 3 nitrogen and oxygen atoms in total. The van der Waals surface area contributed by atoms with Crippen molar-refractivity contribution in [1.29, 1.82) is 0 Å². The Hall–Kier alpha value is -1.42. The highest BCUT2D eigenvalue weighted by Crippen LogP contribution is 2.36. The second kappa shape index (κ2) is 4.55. The van der Waals surface area contributed by atoms with Gasteiger partial charge in [0.1, 0.15) is 0 Å². The number of nitrogens with zero attached hydrogens (tertiary/aromatic N) is 2. The van der Waals surface area contributed by atoms with Crippen molar-refractivity contribution in [2.45, 2.75) is 47.1 Å². The Morgan fingerprint density at radius 2 is 2.10 bits per heavy atom. The van der Waals surface area contributed by atoms with E-state index in [1.54, 1.807) is 11.3 Å². The normalized spacial score (nSPS) is 17.3. The molecule has 0 saturated heterocycles. The van der Waals surface area contributed by atoms with E-state index >= 15 is 0 Å². The summed E-state index contributed by atoms with van der Waals surface area (Å²) in [7, 11) is 0. The molecule has 1 aliphatic carbocycles. The van der Waals surface area contributed by atoms with Crippen LogP contribution in [0, 0.1) is 19.3 Å². The highest BCUT2D eigenvalue weighted by molar-refractivity contribution is 7.09. The van der Waals surface area contributed by atoms with Crippen molar-refractivity contribution in [3.05, 3.63) is 39.1 Å². The van der Waals surface area contributed by atoms with Gasteiger partial charge in [-0.05, 0) is 31.7 Å². The number of hydrogen-bond acceptors (Lipinski definition) is 3. The molecule has 0 spiro atoms. The first-order chi connectivity index (χ1) is 9.37.